The molecule has 0 rings (SSSR count). The Hall–Kier alpha value is -0.170. The van der Waals surface area contributed by atoms with Crippen LogP contribution >= 0.6 is 0 Å². The van der Waals surface area contributed by atoms with Gasteiger partial charge in [-0.1, -0.05) is 0 Å². The van der Waals surface area contributed by atoms with E-state index in [2.05, 4.69) is 13.8 Å². The highest BCUT2D eigenvalue weighted by Gasteiger charge is 1.92. The van der Waals surface area contributed by atoms with E-state index in [1.54, 1.807) is 0 Å². The Labute approximate surface area is 41.5 Å². The van der Waals surface area contributed by atoms with Gasteiger partial charge in [-0.15, -0.1) is 4.33 Å². The second-order valence-electron chi connectivity index (χ2n) is 0.772. The highest BCUT2D eigenvalue weighted by molar-refractivity contribution is 7.86. The molecule has 0 aliphatic carbocycles. The number of hydrogen-bond donors (Lipinski definition) is 2. The number of hydrogen-bond acceptors (Lipinski definition) is 4. The van der Waals surface area contributed by atoms with E-state index in [4.69, 9.17) is 5.26 Å². The molecule has 0 aliphatic rings. The normalized spacial score (nSPS) is 18.1. The van der Waals surface area contributed by atoms with Crippen LogP contribution < -0.4 is 5.14 Å². The standard InChI is InChI=1S/CH6N2O3S/c1-3-7(2,5)6-4/h4H,1H3,(H2,2,3,5). The molecular weight excluding hydrogens is 120 g/mol. The van der Waals surface area contributed by atoms with Crippen LogP contribution in [0.1, 0.15) is 0 Å². The molecule has 0 spiro atoms. The van der Waals surface area contributed by atoms with E-state index in [-0.39, 0.29) is 0 Å². The van der Waals surface area contributed by atoms with Crippen LogP contribution in [-0.4, -0.2) is 16.5 Å². The summed E-state index contributed by atoms with van der Waals surface area (Å²) in [7, 11) is -2.05. The van der Waals surface area contributed by atoms with Gasteiger partial charge in [0.15, 0.2) is 0 Å². The summed E-state index contributed by atoms with van der Waals surface area (Å²) < 4.78 is 16.3. The molecule has 7 heavy (non-hydrogen) atoms. The minimum atomic E-state index is -3.23. The van der Waals surface area contributed by atoms with Crippen molar-refractivity contribution in [1.29, 1.82) is 0 Å². The van der Waals surface area contributed by atoms with Gasteiger partial charge in [-0.2, -0.15) is 0 Å². The van der Waals surface area contributed by atoms with E-state index in [0.29, 0.717) is 0 Å². The van der Waals surface area contributed by atoms with E-state index >= 15 is 0 Å². The maximum Gasteiger partial charge on any atom is 0.255 e. The Morgan fingerprint density at radius 1 is 2.00 bits per heavy atom. The molecule has 3 N–H and O–H groups in total. The molecule has 0 saturated carbocycles. The van der Waals surface area contributed by atoms with Crippen molar-refractivity contribution in [3.05, 3.63) is 0 Å². The third-order valence-electron chi connectivity index (χ3n) is 0.361. The lowest BCUT2D eigenvalue weighted by atomic mass is 11.6. The highest BCUT2D eigenvalue weighted by atomic mass is 32.2. The molecule has 1 atom stereocenters. The lowest BCUT2D eigenvalue weighted by Crippen LogP contribution is -2.12. The number of rotatable bonds is 1. The third-order valence-corrected chi connectivity index (χ3v) is 1.08. The zero-order valence-corrected chi connectivity index (χ0v) is 4.51. The van der Waals surface area contributed by atoms with E-state index in [0.717, 1.165) is 0 Å². The quantitative estimate of drug-likeness (QED) is 0.362. The first-order valence-electron chi connectivity index (χ1n) is 1.38. The first-order valence-corrected chi connectivity index (χ1v) is 2.88. The molecule has 0 saturated heterocycles. The van der Waals surface area contributed by atoms with Crippen LogP contribution in [-0.2, 0) is 14.5 Å². The van der Waals surface area contributed by atoms with Crippen LogP contribution in [0.2, 0.25) is 0 Å². The topological polar surface area (TPSA) is 84.9 Å². The van der Waals surface area contributed by atoms with Gasteiger partial charge in [-0.05, 0) is 0 Å². The van der Waals surface area contributed by atoms with Gasteiger partial charge < -0.3 is 0 Å². The van der Waals surface area contributed by atoms with Crippen molar-refractivity contribution in [2.45, 2.75) is 0 Å². The molecule has 44 valence electrons. The predicted molar refractivity (Wildman–Crippen MR) is 24.4 cm³/mol. The van der Waals surface area contributed by atoms with Crippen LogP contribution in [0.15, 0.2) is 4.36 Å². The summed E-state index contributed by atoms with van der Waals surface area (Å²) in [6, 6.07) is 0. The SMILES string of the molecule is CN=S(N)(=O)OO. The summed E-state index contributed by atoms with van der Waals surface area (Å²) in [5.74, 6) is 0. The van der Waals surface area contributed by atoms with Crippen molar-refractivity contribution in [2.75, 3.05) is 7.05 Å². The summed E-state index contributed by atoms with van der Waals surface area (Å²) in [5.41, 5.74) is 0. The van der Waals surface area contributed by atoms with Crippen molar-refractivity contribution in [3.8, 4) is 0 Å². The fourth-order valence-corrected chi connectivity index (χ4v) is 0.100. The molecule has 0 aromatic rings. The molecule has 0 heterocycles. The fraction of sp³-hybridized carbons (Fsp3) is 1.00. The lowest BCUT2D eigenvalue weighted by molar-refractivity contribution is -0.126. The van der Waals surface area contributed by atoms with Crippen molar-refractivity contribution in [1.82, 2.24) is 0 Å². The second-order valence-corrected chi connectivity index (χ2v) is 2.32. The Morgan fingerprint density at radius 3 is 2.43 bits per heavy atom. The largest absolute Gasteiger partial charge is 0.255 e. The van der Waals surface area contributed by atoms with Gasteiger partial charge in [0, 0.05) is 7.05 Å². The first-order chi connectivity index (χ1) is 3.12. The molecule has 0 bridgehead atoms. The summed E-state index contributed by atoms with van der Waals surface area (Å²) in [6.45, 7) is 0. The lowest BCUT2D eigenvalue weighted by Gasteiger charge is -1.90. The number of nitrogens with two attached hydrogens (primary N) is 1. The van der Waals surface area contributed by atoms with E-state index in [1.165, 1.54) is 7.05 Å². The molecule has 0 radical (unpaired) electrons. The minimum absolute atomic E-state index is 1.18. The van der Waals surface area contributed by atoms with E-state index in [9.17, 15) is 4.21 Å². The Morgan fingerprint density at radius 2 is 2.43 bits per heavy atom. The van der Waals surface area contributed by atoms with Crippen molar-refractivity contribution in [2.24, 2.45) is 9.50 Å². The monoisotopic (exact) mass is 126 g/mol. The molecule has 0 fully saturated rings. The van der Waals surface area contributed by atoms with Gasteiger partial charge in [0.2, 0.25) is 0 Å². The van der Waals surface area contributed by atoms with Crippen LogP contribution in [0.5, 0.6) is 0 Å². The average Bonchev–Trinajstić information content (AvgIpc) is 1.68. The minimum Gasteiger partial charge on any atom is -0.235 e. The third kappa shape index (κ3) is 2.52. The van der Waals surface area contributed by atoms with E-state index < -0.39 is 10.2 Å². The highest BCUT2D eigenvalue weighted by Crippen LogP contribution is 1.78. The van der Waals surface area contributed by atoms with Crippen LogP contribution in [0.25, 0.3) is 0 Å². The van der Waals surface area contributed by atoms with Crippen LogP contribution in [0, 0.1) is 0 Å². The molecule has 5 nitrogen and oxygen atoms in total. The smallest absolute Gasteiger partial charge is 0.235 e. The molecule has 6 heteroatoms. The maximum absolute atomic E-state index is 10.1. The van der Waals surface area contributed by atoms with E-state index in [1.807, 2.05) is 0 Å². The zero-order valence-electron chi connectivity index (χ0n) is 3.70. The number of nitrogens with zero attached hydrogens (tertiary/aromatic N) is 1. The average molecular weight is 126 g/mol. The van der Waals surface area contributed by atoms with Gasteiger partial charge in [-0.3, -0.25) is 0 Å². The van der Waals surface area contributed by atoms with Crippen molar-refractivity contribution < 1.29 is 13.8 Å². The second kappa shape index (κ2) is 2.22. The summed E-state index contributed by atoms with van der Waals surface area (Å²) in [6.07, 6.45) is 0. The Kier molecular flexibility index (Phi) is 2.16. The van der Waals surface area contributed by atoms with Gasteiger partial charge >= 0.3 is 0 Å². The van der Waals surface area contributed by atoms with Crippen molar-refractivity contribution in [3.63, 3.8) is 0 Å². The van der Waals surface area contributed by atoms with Crippen molar-refractivity contribution >= 4 is 10.2 Å². The summed E-state index contributed by atoms with van der Waals surface area (Å²) >= 11 is 0. The predicted octanol–water partition coefficient (Wildman–Crippen LogP) is -0.637. The van der Waals surface area contributed by atoms with Gasteiger partial charge in [0.25, 0.3) is 10.2 Å². The van der Waals surface area contributed by atoms with Crippen LogP contribution in [0.3, 0.4) is 0 Å². The molecular formula is CH6N2O3S. The first kappa shape index (κ1) is 6.83. The van der Waals surface area contributed by atoms with Gasteiger partial charge in [0.1, 0.15) is 0 Å². The maximum atomic E-state index is 10.1. The van der Waals surface area contributed by atoms with Crippen LogP contribution in [0.4, 0.5) is 0 Å². The van der Waals surface area contributed by atoms with Gasteiger partial charge in [-0.25, -0.2) is 19.0 Å². The van der Waals surface area contributed by atoms with Gasteiger partial charge in [0.05, 0.1) is 0 Å². The molecule has 0 aliphatic heterocycles. The Balaban J connectivity index is 4.17. The zero-order chi connectivity index (χ0) is 5.91. The summed E-state index contributed by atoms with van der Waals surface area (Å²) in [5, 5.41) is 12.2. The fourth-order valence-electron chi connectivity index (χ4n) is 0.0333. The summed E-state index contributed by atoms with van der Waals surface area (Å²) in [4.78, 5) is 0. The Bertz CT molecular complexity index is 145. The molecule has 0 aromatic carbocycles. The molecule has 1 unspecified atom stereocenters. The molecule has 0 amide bonds. The molecule has 0 aromatic heterocycles.